The van der Waals surface area contributed by atoms with E-state index in [0.717, 1.165) is 5.69 Å². The summed E-state index contributed by atoms with van der Waals surface area (Å²) in [6.07, 6.45) is 1.77. The number of hydrogen-bond acceptors (Lipinski definition) is 4. The molecule has 0 saturated heterocycles. The minimum Gasteiger partial charge on any atom is -0.389 e. The Hall–Kier alpha value is -1.40. The van der Waals surface area contributed by atoms with Crippen molar-refractivity contribution >= 4 is 5.91 Å². The van der Waals surface area contributed by atoms with Gasteiger partial charge in [-0.2, -0.15) is 5.10 Å². The van der Waals surface area contributed by atoms with Crippen molar-refractivity contribution in [1.82, 2.24) is 15.5 Å². The Bertz CT molecular complexity index is 441. The van der Waals surface area contributed by atoms with Gasteiger partial charge in [-0.1, -0.05) is 13.8 Å². The van der Waals surface area contributed by atoms with Gasteiger partial charge in [-0.15, -0.1) is 0 Å². The largest absolute Gasteiger partial charge is 0.389 e. The zero-order valence-electron chi connectivity index (χ0n) is 12.1. The molecule has 6 nitrogen and oxygen atoms in total. The van der Waals surface area contributed by atoms with E-state index >= 15 is 0 Å². The van der Waals surface area contributed by atoms with Crippen LogP contribution in [0.1, 0.15) is 48.8 Å². The summed E-state index contributed by atoms with van der Waals surface area (Å²) < 4.78 is 5.37. The summed E-state index contributed by atoms with van der Waals surface area (Å²) in [4.78, 5) is 11.8. The number of carbonyl (C=O) groups is 1. The first kappa shape index (κ1) is 15.0. The zero-order chi connectivity index (χ0) is 14.5. The van der Waals surface area contributed by atoms with Gasteiger partial charge in [0.05, 0.1) is 12.7 Å². The zero-order valence-corrected chi connectivity index (χ0v) is 12.1. The number of aliphatic hydroxyl groups excluding tert-OH is 1. The third kappa shape index (κ3) is 4.61. The normalized spacial score (nSPS) is 16.4. The highest BCUT2D eigenvalue weighted by Gasteiger charge is 2.21. The van der Waals surface area contributed by atoms with Crippen LogP contribution in [0.25, 0.3) is 0 Å². The summed E-state index contributed by atoms with van der Waals surface area (Å²) in [5, 5.41) is 19.1. The van der Waals surface area contributed by atoms with Crippen LogP contribution in [-0.4, -0.2) is 47.1 Å². The first-order valence-electron chi connectivity index (χ1n) is 7.15. The Labute approximate surface area is 118 Å². The van der Waals surface area contributed by atoms with E-state index in [1.54, 1.807) is 6.07 Å². The number of H-pyrrole nitrogens is 1. The lowest BCUT2D eigenvalue weighted by Crippen LogP contribution is -2.34. The van der Waals surface area contributed by atoms with E-state index in [2.05, 4.69) is 15.5 Å². The number of hydrogen-bond donors (Lipinski definition) is 3. The monoisotopic (exact) mass is 281 g/mol. The Morgan fingerprint density at radius 3 is 2.95 bits per heavy atom. The van der Waals surface area contributed by atoms with Gasteiger partial charge in [-0.25, -0.2) is 0 Å². The van der Waals surface area contributed by atoms with Crippen molar-refractivity contribution in [3.8, 4) is 0 Å². The van der Waals surface area contributed by atoms with Gasteiger partial charge in [0.25, 0.3) is 5.91 Å². The molecule has 3 N–H and O–H groups in total. The van der Waals surface area contributed by atoms with Crippen LogP contribution in [0.15, 0.2) is 6.07 Å². The third-order valence-electron chi connectivity index (χ3n) is 3.31. The van der Waals surface area contributed by atoms with Crippen molar-refractivity contribution < 1.29 is 14.6 Å². The van der Waals surface area contributed by atoms with Crippen LogP contribution in [0.2, 0.25) is 0 Å². The molecule has 1 aromatic rings. The van der Waals surface area contributed by atoms with Crippen LogP contribution < -0.4 is 5.32 Å². The van der Waals surface area contributed by atoms with E-state index in [4.69, 9.17) is 4.74 Å². The average molecular weight is 281 g/mol. The molecule has 1 unspecified atom stereocenters. The number of carbonyl (C=O) groups excluding carboxylic acids is 1. The molecule has 0 aliphatic heterocycles. The predicted octanol–water partition coefficient (Wildman–Crippen LogP) is 1.05. The summed E-state index contributed by atoms with van der Waals surface area (Å²) in [5.74, 6) is 0.690. The SMILES string of the molecule is CC(C)c1cc(C(=O)NCC(O)COCC2CC2)n[nH]1. The van der Waals surface area contributed by atoms with Crippen molar-refractivity contribution in [2.45, 2.75) is 38.7 Å². The van der Waals surface area contributed by atoms with Crippen molar-refractivity contribution in [2.24, 2.45) is 5.92 Å². The van der Waals surface area contributed by atoms with Crippen molar-refractivity contribution in [1.29, 1.82) is 0 Å². The summed E-state index contributed by atoms with van der Waals surface area (Å²) in [6.45, 7) is 5.19. The van der Waals surface area contributed by atoms with E-state index in [9.17, 15) is 9.90 Å². The van der Waals surface area contributed by atoms with Crippen molar-refractivity contribution in [3.05, 3.63) is 17.5 Å². The van der Waals surface area contributed by atoms with Crippen LogP contribution in [0.5, 0.6) is 0 Å². The highest BCUT2D eigenvalue weighted by molar-refractivity contribution is 5.92. The lowest BCUT2D eigenvalue weighted by Gasteiger charge is -2.11. The van der Waals surface area contributed by atoms with Gasteiger partial charge in [-0.05, 0) is 30.7 Å². The molecule has 112 valence electrons. The summed E-state index contributed by atoms with van der Waals surface area (Å²) in [5.41, 5.74) is 1.27. The fourth-order valence-electron chi connectivity index (χ4n) is 1.76. The summed E-state index contributed by atoms with van der Waals surface area (Å²) in [6, 6.07) is 1.73. The molecular formula is C14H23N3O3. The molecule has 0 radical (unpaired) electrons. The highest BCUT2D eigenvalue weighted by atomic mass is 16.5. The quantitative estimate of drug-likeness (QED) is 0.664. The lowest BCUT2D eigenvalue weighted by molar-refractivity contribution is 0.0320. The second kappa shape index (κ2) is 6.85. The molecular weight excluding hydrogens is 258 g/mol. The number of nitrogens with one attached hydrogen (secondary N) is 2. The number of nitrogens with zero attached hydrogens (tertiary/aromatic N) is 1. The van der Waals surface area contributed by atoms with Gasteiger partial charge in [-0.3, -0.25) is 9.89 Å². The maximum absolute atomic E-state index is 11.8. The van der Waals surface area contributed by atoms with Crippen LogP contribution >= 0.6 is 0 Å². The molecule has 1 amide bonds. The Morgan fingerprint density at radius 2 is 2.35 bits per heavy atom. The minimum atomic E-state index is -0.679. The maximum Gasteiger partial charge on any atom is 0.271 e. The van der Waals surface area contributed by atoms with Crippen molar-refractivity contribution in [2.75, 3.05) is 19.8 Å². The van der Waals surface area contributed by atoms with Crippen LogP contribution in [0.3, 0.4) is 0 Å². The van der Waals surface area contributed by atoms with Gasteiger partial charge in [0, 0.05) is 18.8 Å². The van der Waals surface area contributed by atoms with E-state index < -0.39 is 6.10 Å². The minimum absolute atomic E-state index is 0.174. The van der Waals surface area contributed by atoms with Gasteiger partial charge >= 0.3 is 0 Å². The number of aromatic nitrogens is 2. The molecule has 6 heteroatoms. The van der Waals surface area contributed by atoms with E-state index in [1.807, 2.05) is 13.8 Å². The summed E-state index contributed by atoms with van der Waals surface area (Å²) in [7, 11) is 0. The summed E-state index contributed by atoms with van der Waals surface area (Å²) >= 11 is 0. The topological polar surface area (TPSA) is 87.2 Å². The number of rotatable bonds is 8. The maximum atomic E-state index is 11.8. The van der Waals surface area contributed by atoms with Gasteiger partial charge in [0.2, 0.25) is 0 Å². The van der Waals surface area contributed by atoms with Gasteiger partial charge < -0.3 is 15.2 Å². The van der Waals surface area contributed by atoms with E-state index in [0.29, 0.717) is 24.1 Å². The van der Waals surface area contributed by atoms with Crippen LogP contribution in [-0.2, 0) is 4.74 Å². The van der Waals surface area contributed by atoms with E-state index in [-0.39, 0.29) is 19.1 Å². The smallest absolute Gasteiger partial charge is 0.271 e. The second-order valence-corrected chi connectivity index (χ2v) is 5.71. The Balaban J connectivity index is 1.67. The van der Waals surface area contributed by atoms with Crippen LogP contribution in [0, 0.1) is 5.92 Å². The molecule has 0 aromatic carbocycles. The molecule has 1 aliphatic rings. The molecule has 1 atom stereocenters. The number of ether oxygens (including phenoxy) is 1. The molecule has 1 heterocycles. The van der Waals surface area contributed by atoms with Crippen molar-refractivity contribution in [3.63, 3.8) is 0 Å². The lowest BCUT2D eigenvalue weighted by atomic mass is 10.1. The molecule has 20 heavy (non-hydrogen) atoms. The highest BCUT2D eigenvalue weighted by Crippen LogP contribution is 2.28. The Kier molecular flexibility index (Phi) is 5.14. The number of amides is 1. The van der Waals surface area contributed by atoms with Gasteiger partial charge in [0.15, 0.2) is 0 Å². The Morgan fingerprint density at radius 1 is 1.60 bits per heavy atom. The molecule has 1 fully saturated rings. The first-order chi connectivity index (χ1) is 9.56. The molecule has 2 rings (SSSR count). The first-order valence-corrected chi connectivity index (χ1v) is 7.15. The fourth-order valence-corrected chi connectivity index (χ4v) is 1.76. The fraction of sp³-hybridized carbons (Fsp3) is 0.714. The predicted molar refractivity (Wildman–Crippen MR) is 74.6 cm³/mol. The standard InChI is InChI=1S/C14H23N3O3/c1-9(2)12-5-13(17-16-12)14(19)15-6-11(18)8-20-7-10-3-4-10/h5,9-11,18H,3-4,6-8H2,1-2H3,(H,15,19)(H,16,17). The van der Waals surface area contributed by atoms with Crippen LogP contribution in [0.4, 0.5) is 0 Å². The molecule has 0 spiro atoms. The van der Waals surface area contributed by atoms with E-state index in [1.165, 1.54) is 12.8 Å². The number of aromatic amines is 1. The molecule has 1 saturated carbocycles. The average Bonchev–Trinajstić information content (AvgIpc) is 3.08. The third-order valence-corrected chi connectivity index (χ3v) is 3.31. The molecule has 0 bridgehead atoms. The second-order valence-electron chi connectivity index (χ2n) is 5.71. The van der Waals surface area contributed by atoms with Gasteiger partial charge in [0.1, 0.15) is 5.69 Å². The molecule has 1 aromatic heterocycles. The number of aliphatic hydroxyl groups is 1. The molecule has 1 aliphatic carbocycles.